The predicted octanol–water partition coefficient (Wildman–Crippen LogP) is -0.928. The summed E-state index contributed by atoms with van der Waals surface area (Å²) in [5.74, 6) is -0.965. The van der Waals surface area contributed by atoms with E-state index in [1.54, 1.807) is 4.90 Å². The van der Waals surface area contributed by atoms with Gasteiger partial charge in [-0.1, -0.05) is 0 Å². The van der Waals surface area contributed by atoms with Crippen molar-refractivity contribution in [3.05, 3.63) is 0 Å². The van der Waals surface area contributed by atoms with Crippen molar-refractivity contribution in [1.82, 2.24) is 10.2 Å². The summed E-state index contributed by atoms with van der Waals surface area (Å²) in [7, 11) is 0. The first-order valence-corrected chi connectivity index (χ1v) is 4.99. The van der Waals surface area contributed by atoms with Crippen molar-refractivity contribution in [3.63, 3.8) is 0 Å². The molecule has 80 valence electrons. The first-order chi connectivity index (χ1) is 6.70. The van der Waals surface area contributed by atoms with Crippen LogP contribution in [0.25, 0.3) is 0 Å². The van der Waals surface area contributed by atoms with Gasteiger partial charge in [0.15, 0.2) is 0 Å². The van der Waals surface area contributed by atoms with Crippen molar-refractivity contribution >= 4 is 11.8 Å². The summed E-state index contributed by atoms with van der Waals surface area (Å²) in [6.07, 6.45) is 2.04. The highest BCUT2D eigenvalue weighted by Crippen LogP contribution is 2.26. The Morgan fingerprint density at radius 2 is 2.14 bits per heavy atom. The van der Waals surface area contributed by atoms with E-state index in [0.29, 0.717) is 19.6 Å². The van der Waals surface area contributed by atoms with E-state index in [9.17, 15) is 9.59 Å². The standard InChI is InChI=1S/C9H17N3O2/c1-2-12(7-3-4-7)9(14)8(13)11-6-5-10/h7H,2-6,10H2,1H3,(H,11,13). The number of amides is 2. The third-order valence-electron chi connectivity index (χ3n) is 2.21. The van der Waals surface area contributed by atoms with Gasteiger partial charge in [0, 0.05) is 25.7 Å². The molecule has 0 atom stereocenters. The quantitative estimate of drug-likeness (QED) is 0.574. The highest BCUT2D eigenvalue weighted by molar-refractivity contribution is 6.35. The minimum absolute atomic E-state index is 0.288. The predicted molar refractivity (Wildman–Crippen MR) is 52.5 cm³/mol. The second kappa shape index (κ2) is 4.95. The van der Waals surface area contributed by atoms with Gasteiger partial charge in [0.1, 0.15) is 0 Å². The molecule has 1 saturated carbocycles. The fraction of sp³-hybridized carbons (Fsp3) is 0.778. The summed E-state index contributed by atoms with van der Waals surface area (Å²) in [5, 5.41) is 2.47. The molecular formula is C9H17N3O2. The molecule has 1 aliphatic rings. The Morgan fingerprint density at radius 3 is 2.57 bits per heavy atom. The van der Waals surface area contributed by atoms with Crippen LogP contribution in [0.4, 0.5) is 0 Å². The fourth-order valence-electron chi connectivity index (χ4n) is 1.35. The Kier molecular flexibility index (Phi) is 3.88. The number of hydrogen-bond acceptors (Lipinski definition) is 3. The summed E-state index contributed by atoms with van der Waals surface area (Å²) in [6.45, 7) is 3.19. The molecule has 1 aliphatic carbocycles. The van der Waals surface area contributed by atoms with E-state index in [0.717, 1.165) is 12.8 Å². The lowest BCUT2D eigenvalue weighted by Crippen LogP contribution is -2.45. The van der Waals surface area contributed by atoms with Crippen molar-refractivity contribution in [3.8, 4) is 0 Å². The van der Waals surface area contributed by atoms with Gasteiger partial charge in [0.25, 0.3) is 0 Å². The van der Waals surface area contributed by atoms with Gasteiger partial charge in [0.2, 0.25) is 0 Å². The molecule has 0 radical (unpaired) electrons. The minimum atomic E-state index is -0.538. The van der Waals surface area contributed by atoms with Crippen LogP contribution in [0.2, 0.25) is 0 Å². The molecule has 1 rings (SSSR count). The third-order valence-corrected chi connectivity index (χ3v) is 2.21. The lowest BCUT2D eigenvalue weighted by molar-refractivity contribution is -0.146. The summed E-state index contributed by atoms with van der Waals surface area (Å²) in [6, 6.07) is 0.288. The zero-order valence-corrected chi connectivity index (χ0v) is 8.45. The summed E-state index contributed by atoms with van der Waals surface area (Å²) >= 11 is 0. The molecule has 0 aliphatic heterocycles. The Balaban J connectivity index is 2.40. The molecule has 5 nitrogen and oxygen atoms in total. The number of likely N-dealkylation sites (N-methyl/N-ethyl adjacent to an activating group) is 1. The molecule has 0 aromatic carbocycles. The van der Waals surface area contributed by atoms with Gasteiger partial charge < -0.3 is 16.0 Å². The molecule has 1 fully saturated rings. The maximum atomic E-state index is 11.5. The molecule has 0 saturated heterocycles. The molecule has 0 aromatic heterocycles. The van der Waals surface area contributed by atoms with Crippen LogP contribution in [-0.4, -0.2) is 42.4 Å². The number of rotatable bonds is 4. The molecule has 3 N–H and O–H groups in total. The van der Waals surface area contributed by atoms with Crippen LogP contribution in [0.5, 0.6) is 0 Å². The van der Waals surface area contributed by atoms with Gasteiger partial charge in [0.05, 0.1) is 0 Å². The number of carbonyl (C=O) groups is 2. The van der Waals surface area contributed by atoms with Gasteiger partial charge in [-0.2, -0.15) is 0 Å². The van der Waals surface area contributed by atoms with Crippen LogP contribution in [0, 0.1) is 0 Å². The van der Waals surface area contributed by atoms with Crippen LogP contribution < -0.4 is 11.1 Å². The van der Waals surface area contributed by atoms with E-state index < -0.39 is 11.8 Å². The molecule has 0 heterocycles. The van der Waals surface area contributed by atoms with Gasteiger partial charge in [-0.25, -0.2) is 0 Å². The highest BCUT2D eigenvalue weighted by atomic mass is 16.2. The second-order valence-electron chi connectivity index (χ2n) is 3.37. The van der Waals surface area contributed by atoms with E-state index in [4.69, 9.17) is 5.73 Å². The summed E-state index contributed by atoms with van der Waals surface area (Å²) in [4.78, 5) is 24.4. The molecule has 0 bridgehead atoms. The van der Waals surface area contributed by atoms with Crippen LogP contribution in [-0.2, 0) is 9.59 Å². The lowest BCUT2D eigenvalue weighted by atomic mass is 10.4. The van der Waals surface area contributed by atoms with E-state index >= 15 is 0 Å². The fourth-order valence-corrected chi connectivity index (χ4v) is 1.35. The van der Waals surface area contributed by atoms with Gasteiger partial charge in [-0.3, -0.25) is 9.59 Å². The Morgan fingerprint density at radius 1 is 1.50 bits per heavy atom. The number of nitrogens with two attached hydrogens (primary N) is 1. The maximum absolute atomic E-state index is 11.5. The van der Waals surface area contributed by atoms with Gasteiger partial charge in [-0.05, 0) is 19.8 Å². The smallest absolute Gasteiger partial charge is 0.312 e. The molecular weight excluding hydrogens is 182 g/mol. The Bertz CT molecular complexity index is 226. The van der Waals surface area contributed by atoms with Crippen molar-refractivity contribution in [2.75, 3.05) is 19.6 Å². The van der Waals surface area contributed by atoms with Crippen molar-refractivity contribution in [1.29, 1.82) is 0 Å². The zero-order chi connectivity index (χ0) is 10.6. The van der Waals surface area contributed by atoms with Crippen LogP contribution in [0.15, 0.2) is 0 Å². The molecule has 0 spiro atoms. The molecule has 14 heavy (non-hydrogen) atoms. The topological polar surface area (TPSA) is 75.4 Å². The summed E-state index contributed by atoms with van der Waals surface area (Å²) < 4.78 is 0. The van der Waals surface area contributed by atoms with Crippen molar-refractivity contribution in [2.24, 2.45) is 5.73 Å². The normalized spacial score (nSPS) is 15.0. The SMILES string of the molecule is CCN(C(=O)C(=O)NCCN)C1CC1. The van der Waals surface area contributed by atoms with Crippen LogP contribution in [0.3, 0.4) is 0 Å². The number of nitrogens with zero attached hydrogens (tertiary/aromatic N) is 1. The van der Waals surface area contributed by atoms with Crippen LogP contribution >= 0.6 is 0 Å². The first-order valence-electron chi connectivity index (χ1n) is 4.99. The average Bonchev–Trinajstić information content (AvgIpc) is 2.99. The third kappa shape index (κ3) is 2.70. The zero-order valence-electron chi connectivity index (χ0n) is 8.45. The first kappa shape index (κ1) is 11.0. The molecule has 5 heteroatoms. The second-order valence-corrected chi connectivity index (χ2v) is 3.37. The minimum Gasteiger partial charge on any atom is -0.347 e. The number of nitrogens with one attached hydrogen (secondary N) is 1. The van der Waals surface area contributed by atoms with Crippen molar-refractivity contribution in [2.45, 2.75) is 25.8 Å². The van der Waals surface area contributed by atoms with E-state index in [2.05, 4.69) is 5.32 Å². The molecule has 0 unspecified atom stereocenters. The highest BCUT2D eigenvalue weighted by Gasteiger charge is 2.33. The van der Waals surface area contributed by atoms with E-state index in [1.165, 1.54) is 0 Å². The average molecular weight is 199 g/mol. The number of carbonyl (C=O) groups excluding carboxylic acids is 2. The Hall–Kier alpha value is -1.10. The van der Waals surface area contributed by atoms with Crippen molar-refractivity contribution < 1.29 is 9.59 Å². The molecule has 0 aromatic rings. The maximum Gasteiger partial charge on any atom is 0.312 e. The van der Waals surface area contributed by atoms with E-state index in [-0.39, 0.29) is 6.04 Å². The van der Waals surface area contributed by atoms with Gasteiger partial charge in [-0.15, -0.1) is 0 Å². The number of hydrogen-bond donors (Lipinski definition) is 2. The van der Waals surface area contributed by atoms with Gasteiger partial charge >= 0.3 is 11.8 Å². The Labute approximate surface area is 83.6 Å². The summed E-state index contributed by atoms with van der Waals surface area (Å²) in [5.41, 5.74) is 5.22. The largest absolute Gasteiger partial charge is 0.347 e. The van der Waals surface area contributed by atoms with Crippen LogP contribution in [0.1, 0.15) is 19.8 Å². The monoisotopic (exact) mass is 199 g/mol. The van der Waals surface area contributed by atoms with E-state index in [1.807, 2.05) is 6.92 Å². The lowest BCUT2D eigenvalue weighted by Gasteiger charge is -2.19. The molecule has 2 amide bonds.